The number of hydroxylamine groups is 2. The van der Waals surface area contributed by atoms with Gasteiger partial charge in [-0.05, 0) is 24.6 Å². The van der Waals surface area contributed by atoms with Crippen LogP contribution in [0.25, 0.3) is 10.3 Å². The molecule has 12 heteroatoms. The normalized spacial score (nSPS) is 16.7. The van der Waals surface area contributed by atoms with Gasteiger partial charge < -0.3 is 30.3 Å². The number of anilines is 2. The van der Waals surface area contributed by atoms with E-state index in [-0.39, 0.29) is 12.0 Å². The highest BCUT2D eigenvalue weighted by Gasteiger charge is 2.29. The molecular formula is C20H25N7O4S. The van der Waals surface area contributed by atoms with Gasteiger partial charge in [-0.25, -0.2) is 14.8 Å². The Bertz CT molecular complexity index is 1110. The fourth-order valence-corrected chi connectivity index (χ4v) is 4.26. The molecule has 1 fully saturated rings. The molecule has 0 saturated carbocycles. The molecule has 1 aromatic carbocycles. The van der Waals surface area contributed by atoms with Crippen LogP contribution in [0.2, 0.25) is 0 Å². The highest BCUT2D eigenvalue weighted by atomic mass is 32.1. The zero-order valence-corrected chi connectivity index (χ0v) is 18.9. The fraction of sp³-hybridized carbons (Fsp3) is 0.400. The largest absolute Gasteiger partial charge is 0.493 e. The Hall–Kier alpha value is -3.38. The molecule has 0 bridgehead atoms. The van der Waals surface area contributed by atoms with Crippen LogP contribution in [0.3, 0.4) is 0 Å². The minimum atomic E-state index is -0.520. The van der Waals surface area contributed by atoms with E-state index in [9.17, 15) is 4.79 Å². The maximum absolute atomic E-state index is 12.3. The minimum Gasteiger partial charge on any atom is -0.493 e. The Morgan fingerprint density at radius 1 is 1.25 bits per heavy atom. The van der Waals surface area contributed by atoms with Gasteiger partial charge in [-0.1, -0.05) is 6.07 Å². The monoisotopic (exact) mass is 459 g/mol. The summed E-state index contributed by atoms with van der Waals surface area (Å²) in [5, 5.41) is 4.41. The van der Waals surface area contributed by atoms with Gasteiger partial charge in [0.2, 0.25) is 5.95 Å². The van der Waals surface area contributed by atoms with E-state index in [0.717, 1.165) is 15.9 Å². The van der Waals surface area contributed by atoms with Gasteiger partial charge in [0.05, 0.1) is 32.8 Å². The van der Waals surface area contributed by atoms with Gasteiger partial charge in [-0.2, -0.15) is 4.98 Å². The van der Waals surface area contributed by atoms with E-state index in [1.54, 1.807) is 30.9 Å². The molecule has 3 heterocycles. The standard InChI is InChI=1S/C20H25N7O4S/c1-12-10-26(6-7-27(12)17-16-18(32-11-23-16)25-19(21)24-17)31-20(28)22-9-13-4-5-14(29-2)15(8-13)30-3/h4-5,8,11-12H,6-7,9-10H2,1-3H3,(H,22,28)(H2,21,24,25)/t12-/m0/s1. The number of aromatic nitrogens is 3. The quantitative estimate of drug-likeness (QED) is 0.565. The highest BCUT2D eigenvalue weighted by molar-refractivity contribution is 7.16. The smallest absolute Gasteiger partial charge is 0.426 e. The number of methoxy groups -OCH3 is 2. The number of carbonyl (C=O) groups is 1. The van der Waals surface area contributed by atoms with Crippen molar-refractivity contribution in [3.63, 3.8) is 0 Å². The van der Waals surface area contributed by atoms with Crippen molar-refractivity contribution in [2.24, 2.45) is 0 Å². The number of hydrogen-bond acceptors (Lipinski definition) is 11. The average Bonchev–Trinajstić information content (AvgIpc) is 3.25. The topological polar surface area (TPSA) is 128 Å². The molecule has 170 valence electrons. The number of amides is 1. The fourth-order valence-electron chi connectivity index (χ4n) is 3.60. The van der Waals surface area contributed by atoms with Crippen LogP contribution >= 0.6 is 11.3 Å². The van der Waals surface area contributed by atoms with Crippen LogP contribution in [-0.4, -0.2) is 66.0 Å². The second-order valence-corrected chi connectivity index (χ2v) is 8.10. The Balaban J connectivity index is 1.33. The number of carbonyl (C=O) groups excluding carboxylic acids is 1. The first-order chi connectivity index (χ1) is 15.5. The van der Waals surface area contributed by atoms with Gasteiger partial charge in [-0.15, -0.1) is 16.4 Å². The van der Waals surface area contributed by atoms with E-state index < -0.39 is 6.09 Å². The van der Waals surface area contributed by atoms with Crippen molar-refractivity contribution in [2.45, 2.75) is 19.5 Å². The molecule has 3 N–H and O–H groups in total. The van der Waals surface area contributed by atoms with E-state index in [2.05, 4.69) is 25.2 Å². The van der Waals surface area contributed by atoms with Gasteiger partial charge in [0.25, 0.3) is 0 Å². The van der Waals surface area contributed by atoms with Crippen LogP contribution < -0.4 is 25.4 Å². The number of nitrogens with two attached hydrogens (primary N) is 1. The highest BCUT2D eigenvalue weighted by Crippen LogP contribution is 2.29. The Labute approximate surface area is 189 Å². The zero-order valence-electron chi connectivity index (χ0n) is 18.1. The second-order valence-electron chi connectivity index (χ2n) is 7.26. The molecule has 1 atom stereocenters. The lowest BCUT2D eigenvalue weighted by Gasteiger charge is -2.39. The van der Waals surface area contributed by atoms with Crippen LogP contribution in [0.1, 0.15) is 12.5 Å². The molecule has 1 amide bonds. The number of piperazine rings is 1. The summed E-state index contributed by atoms with van der Waals surface area (Å²) in [5.41, 5.74) is 9.20. The van der Waals surface area contributed by atoms with Gasteiger partial charge >= 0.3 is 6.09 Å². The Morgan fingerprint density at radius 2 is 2.06 bits per heavy atom. The lowest BCUT2D eigenvalue weighted by molar-refractivity contribution is -0.109. The van der Waals surface area contributed by atoms with Crippen molar-refractivity contribution < 1.29 is 19.1 Å². The predicted molar refractivity (Wildman–Crippen MR) is 121 cm³/mol. The summed E-state index contributed by atoms with van der Waals surface area (Å²) in [4.78, 5) is 33.7. The summed E-state index contributed by atoms with van der Waals surface area (Å²) in [6.07, 6.45) is -0.520. The van der Waals surface area contributed by atoms with Gasteiger partial charge in [0, 0.05) is 19.1 Å². The summed E-state index contributed by atoms with van der Waals surface area (Å²) >= 11 is 1.43. The molecule has 11 nitrogen and oxygen atoms in total. The van der Waals surface area contributed by atoms with Gasteiger partial charge in [-0.3, -0.25) is 0 Å². The predicted octanol–water partition coefficient (Wildman–Crippen LogP) is 2.04. The van der Waals surface area contributed by atoms with E-state index in [0.29, 0.717) is 43.5 Å². The lowest BCUT2D eigenvalue weighted by atomic mass is 10.2. The third-order valence-electron chi connectivity index (χ3n) is 5.16. The summed E-state index contributed by atoms with van der Waals surface area (Å²) in [5.74, 6) is 2.16. The Morgan fingerprint density at radius 3 is 2.81 bits per heavy atom. The number of rotatable bonds is 6. The number of hydrogen-bond donors (Lipinski definition) is 2. The molecule has 1 saturated heterocycles. The zero-order chi connectivity index (χ0) is 22.7. The Kier molecular flexibility index (Phi) is 6.42. The van der Waals surface area contributed by atoms with Crippen molar-refractivity contribution in [1.82, 2.24) is 25.3 Å². The number of thiazole rings is 1. The molecular weight excluding hydrogens is 434 g/mol. The molecule has 4 rings (SSSR count). The van der Waals surface area contributed by atoms with Crippen LogP contribution in [-0.2, 0) is 11.4 Å². The van der Waals surface area contributed by atoms with E-state index in [1.165, 1.54) is 11.3 Å². The maximum Gasteiger partial charge on any atom is 0.426 e. The SMILES string of the molecule is COc1ccc(CNC(=O)ON2CCN(c3nc(N)nc4scnc34)[C@@H](C)C2)cc1OC. The number of fused-ring (bicyclic) bond motifs is 1. The third-order valence-corrected chi connectivity index (χ3v) is 5.87. The number of ether oxygens (including phenoxy) is 2. The maximum atomic E-state index is 12.3. The van der Waals surface area contributed by atoms with Crippen molar-refractivity contribution in [1.29, 1.82) is 0 Å². The summed E-state index contributed by atoms with van der Waals surface area (Å²) < 4.78 is 10.5. The summed E-state index contributed by atoms with van der Waals surface area (Å²) in [7, 11) is 3.15. The van der Waals surface area contributed by atoms with Crippen LogP contribution in [0.4, 0.5) is 16.6 Å². The molecule has 1 aliphatic heterocycles. The second kappa shape index (κ2) is 9.40. The number of nitrogens with one attached hydrogen (secondary N) is 1. The first-order valence-corrected chi connectivity index (χ1v) is 10.9. The minimum absolute atomic E-state index is 0.0293. The summed E-state index contributed by atoms with van der Waals surface area (Å²) in [6, 6.07) is 5.49. The van der Waals surface area contributed by atoms with Crippen LogP contribution in [0.5, 0.6) is 11.5 Å². The van der Waals surface area contributed by atoms with Crippen molar-refractivity contribution in [3.8, 4) is 11.5 Å². The van der Waals surface area contributed by atoms with Crippen LogP contribution in [0.15, 0.2) is 23.7 Å². The van der Waals surface area contributed by atoms with E-state index in [4.69, 9.17) is 20.0 Å². The third kappa shape index (κ3) is 4.60. The van der Waals surface area contributed by atoms with Crippen molar-refractivity contribution in [2.75, 3.05) is 44.5 Å². The first kappa shape index (κ1) is 21.8. The average molecular weight is 460 g/mol. The van der Waals surface area contributed by atoms with E-state index in [1.807, 2.05) is 19.1 Å². The molecule has 0 aliphatic carbocycles. The molecule has 3 aromatic rings. The van der Waals surface area contributed by atoms with E-state index >= 15 is 0 Å². The molecule has 0 spiro atoms. The molecule has 1 aliphatic rings. The first-order valence-electron chi connectivity index (χ1n) is 10.0. The van der Waals surface area contributed by atoms with Crippen molar-refractivity contribution in [3.05, 3.63) is 29.3 Å². The molecule has 0 unspecified atom stereocenters. The summed E-state index contributed by atoms with van der Waals surface area (Å²) in [6.45, 7) is 3.97. The lowest BCUT2D eigenvalue weighted by Crippen LogP contribution is -2.53. The van der Waals surface area contributed by atoms with Gasteiger partial charge in [0.15, 0.2) is 22.1 Å². The number of benzene rings is 1. The number of nitrogen functional groups attached to an aromatic ring is 1. The van der Waals surface area contributed by atoms with Gasteiger partial charge in [0.1, 0.15) is 5.52 Å². The van der Waals surface area contributed by atoms with Crippen molar-refractivity contribution >= 4 is 39.5 Å². The molecule has 32 heavy (non-hydrogen) atoms. The molecule has 0 radical (unpaired) electrons. The van der Waals surface area contributed by atoms with Crippen LogP contribution in [0, 0.1) is 0 Å². The molecule has 2 aromatic heterocycles. The number of nitrogens with zero attached hydrogens (tertiary/aromatic N) is 5.